The van der Waals surface area contributed by atoms with E-state index in [0.29, 0.717) is 22.7 Å². The van der Waals surface area contributed by atoms with Gasteiger partial charge in [0.2, 0.25) is 5.55 Å². The zero-order chi connectivity index (χ0) is 20.4. The monoisotopic (exact) mass is 387 g/mol. The minimum atomic E-state index is -0.393. The molecule has 0 saturated carbocycles. The first-order valence-electron chi connectivity index (χ1n) is 9.08. The van der Waals surface area contributed by atoms with Crippen LogP contribution in [0, 0.1) is 19.7 Å². The fourth-order valence-corrected chi connectivity index (χ4v) is 2.93. The van der Waals surface area contributed by atoms with E-state index >= 15 is 0 Å². The number of para-hydroxylation sites is 1. The molecule has 0 saturated heterocycles. The molecule has 0 aliphatic carbocycles. The number of aromatic nitrogens is 1. The number of hydrogen-bond donors (Lipinski definition) is 1. The number of amides is 1. The molecule has 6 heteroatoms. The van der Waals surface area contributed by atoms with Gasteiger partial charge in [0.25, 0.3) is 5.91 Å². The lowest BCUT2D eigenvalue weighted by molar-refractivity contribution is 0.102. The number of aryl methyl sites for hydroxylation is 2. The molecule has 0 unspecified atom stereocenters. The van der Waals surface area contributed by atoms with E-state index < -0.39 is 5.91 Å². The van der Waals surface area contributed by atoms with Crippen molar-refractivity contribution in [1.82, 2.24) is 4.98 Å². The molecule has 4 rings (SSSR count). The predicted octanol–water partition coefficient (Wildman–Crippen LogP) is 5.07. The van der Waals surface area contributed by atoms with Crippen LogP contribution in [0.25, 0.3) is 11.0 Å². The van der Waals surface area contributed by atoms with Gasteiger partial charge in [0.05, 0.1) is 5.69 Å². The molecule has 144 valence electrons. The Morgan fingerprint density at radius 1 is 1.03 bits per heavy atom. The number of nitrogens with zero attached hydrogens (tertiary/aromatic N) is 2. The molecule has 5 nitrogen and oxygen atoms in total. The summed E-state index contributed by atoms with van der Waals surface area (Å²) in [6, 6.07) is 18.9. The van der Waals surface area contributed by atoms with Gasteiger partial charge in [0.15, 0.2) is 0 Å². The summed E-state index contributed by atoms with van der Waals surface area (Å²) >= 11 is 0. The van der Waals surface area contributed by atoms with Crippen LogP contribution in [0.15, 0.2) is 76.1 Å². The summed E-state index contributed by atoms with van der Waals surface area (Å²) in [6.45, 7) is 3.50. The summed E-state index contributed by atoms with van der Waals surface area (Å²) in [4.78, 5) is 21.7. The second-order valence-corrected chi connectivity index (χ2v) is 6.67. The minimum Gasteiger partial charge on any atom is -0.438 e. The summed E-state index contributed by atoms with van der Waals surface area (Å²) in [6.07, 6.45) is 0. The van der Waals surface area contributed by atoms with Crippen molar-refractivity contribution in [2.45, 2.75) is 13.8 Å². The number of halogens is 1. The number of pyridine rings is 1. The van der Waals surface area contributed by atoms with E-state index in [-0.39, 0.29) is 16.9 Å². The van der Waals surface area contributed by atoms with Gasteiger partial charge in [-0.15, -0.1) is 0 Å². The van der Waals surface area contributed by atoms with Crippen molar-refractivity contribution in [3.05, 3.63) is 94.9 Å². The molecular formula is C23H18FN3O2. The van der Waals surface area contributed by atoms with Gasteiger partial charge in [-0.2, -0.15) is 0 Å². The molecule has 0 atom stereocenters. The van der Waals surface area contributed by atoms with E-state index in [1.165, 1.54) is 12.1 Å². The number of rotatable bonds is 3. The number of nitrogens with one attached hydrogen (secondary N) is 1. The summed E-state index contributed by atoms with van der Waals surface area (Å²) in [5.74, 6) is -0.273. The topological polar surface area (TPSA) is 67.5 Å². The largest absolute Gasteiger partial charge is 0.438 e. The van der Waals surface area contributed by atoms with E-state index in [2.05, 4.69) is 15.3 Å². The Bertz CT molecular complexity index is 1290. The van der Waals surface area contributed by atoms with Crippen molar-refractivity contribution in [3.63, 3.8) is 0 Å². The number of carbonyl (C=O) groups excluding carboxylic acids is 1. The Balaban J connectivity index is 1.84. The quantitative estimate of drug-likeness (QED) is 0.534. The van der Waals surface area contributed by atoms with Crippen molar-refractivity contribution in [3.8, 4) is 0 Å². The van der Waals surface area contributed by atoms with E-state index in [9.17, 15) is 9.18 Å². The van der Waals surface area contributed by atoms with Crippen LogP contribution in [0.4, 0.5) is 15.9 Å². The van der Waals surface area contributed by atoms with Gasteiger partial charge < -0.3 is 9.73 Å². The van der Waals surface area contributed by atoms with Gasteiger partial charge in [0.1, 0.15) is 22.8 Å². The maximum absolute atomic E-state index is 13.6. The Morgan fingerprint density at radius 2 is 1.86 bits per heavy atom. The van der Waals surface area contributed by atoms with Crippen LogP contribution >= 0.6 is 0 Å². The Kier molecular flexibility index (Phi) is 4.91. The smallest absolute Gasteiger partial charge is 0.262 e. The lowest BCUT2D eigenvalue weighted by Gasteiger charge is -2.07. The lowest BCUT2D eigenvalue weighted by Crippen LogP contribution is -2.22. The number of anilines is 1. The van der Waals surface area contributed by atoms with Gasteiger partial charge in [0, 0.05) is 11.1 Å². The molecule has 0 aliphatic rings. The number of carbonyl (C=O) groups is 1. The van der Waals surface area contributed by atoms with Crippen molar-refractivity contribution in [2.24, 2.45) is 4.99 Å². The molecule has 29 heavy (non-hydrogen) atoms. The number of fused-ring (bicyclic) bond motifs is 1. The molecule has 1 amide bonds. The second kappa shape index (κ2) is 7.67. The highest BCUT2D eigenvalue weighted by Crippen LogP contribution is 2.18. The summed E-state index contributed by atoms with van der Waals surface area (Å²) in [5.41, 5.74) is 2.73. The predicted molar refractivity (Wildman–Crippen MR) is 110 cm³/mol. The third-order valence-electron chi connectivity index (χ3n) is 4.40. The normalized spacial score (nSPS) is 11.6. The highest BCUT2D eigenvalue weighted by atomic mass is 19.1. The van der Waals surface area contributed by atoms with Crippen LogP contribution in [-0.2, 0) is 0 Å². The molecule has 2 aromatic carbocycles. The van der Waals surface area contributed by atoms with E-state index in [0.717, 1.165) is 11.1 Å². The summed E-state index contributed by atoms with van der Waals surface area (Å²) in [5, 5.41) is 3.55. The van der Waals surface area contributed by atoms with Crippen molar-refractivity contribution >= 4 is 28.4 Å². The highest BCUT2D eigenvalue weighted by Gasteiger charge is 2.14. The van der Waals surface area contributed by atoms with Crippen molar-refractivity contribution < 1.29 is 13.6 Å². The molecule has 1 N–H and O–H groups in total. The van der Waals surface area contributed by atoms with Gasteiger partial charge in [-0.3, -0.25) is 4.79 Å². The summed E-state index contributed by atoms with van der Waals surface area (Å²) < 4.78 is 19.5. The molecule has 0 spiro atoms. The van der Waals surface area contributed by atoms with Gasteiger partial charge in [-0.1, -0.05) is 24.3 Å². The average Bonchev–Trinajstić information content (AvgIpc) is 2.70. The molecule has 2 heterocycles. The zero-order valence-electron chi connectivity index (χ0n) is 15.9. The van der Waals surface area contributed by atoms with Crippen LogP contribution in [0.2, 0.25) is 0 Å². The molecule has 4 aromatic rings. The molecular weight excluding hydrogens is 369 g/mol. The second-order valence-electron chi connectivity index (χ2n) is 6.67. The first-order valence-corrected chi connectivity index (χ1v) is 9.08. The summed E-state index contributed by atoms with van der Waals surface area (Å²) in [7, 11) is 0. The SMILES string of the molecule is Cc1cccc(NC(=O)c2cc3ccccc3oc2=Nc2ccc(F)c(C)c2)n1. The third-order valence-corrected chi connectivity index (χ3v) is 4.40. The van der Waals surface area contributed by atoms with E-state index in [4.69, 9.17) is 4.42 Å². The van der Waals surface area contributed by atoms with Gasteiger partial charge in [-0.25, -0.2) is 14.4 Å². The van der Waals surface area contributed by atoms with E-state index in [1.807, 2.05) is 37.3 Å². The van der Waals surface area contributed by atoms with Gasteiger partial charge in [-0.05, 0) is 61.9 Å². The lowest BCUT2D eigenvalue weighted by atomic mass is 10.1. The van der Waals surface area contributed by atoms with Crippen LogP contribution in [-0.4, -0.2) is 10.9 Å². The van der Waals surface area contributed by atoms with E-state index in [1.54, 1.807) is 31.2 Å². The highest BCUT2D eigenvalue weighted by molar-refractivity contribution is 6.04. The number of benzene rings is 2. The maximum Gasteiger partial charge on any atom is 0.262 e. The first-order chi connectivity index (χ1) is 14.0. The molecule has 0 radical (unpaired) electrons. The van der Waals surface area contributed by atoms with Crippen LogP contribution in [0.3, 0.4) is 0 Å². The van der Waals surface area contributed by atoms with Gasteiger partial charge >= 0.3 is 0 Å². The standard InChI is InChI=1S/C23H18FN3O2/c1-14-12-17(10-11-19(14)24)26-23-18(13-16-7-3-4-8-20(16)29-23)22(28)27-21-9-5-6-15(2)25-21/h3-13H,1-2H3,(H,25,27,28). The minimum absolute atomic E-state index is 0.139. The maximum atomic E-state index is 13.6. The fraction of sp³-hybridized carbons (Fsp3) is 0.0870. The van der Waals surface area contributed by atoms with Crippen LogP contribution in [0.5, 0.6) is 0 Å². The Hall–Kier alpha value is -3.80. The van der Waals surface area contributed by atoms with Crippen molar-refractivity contribution in [1.29, 1.82) is 0 Å². The van der Waals surface area contributed by atoms with Crippen LogP contribution < -0.4 is 10.9 Å². The molecule has 2 aromatic heterocycles. The molecule has 0 bridgehead atoms. The zero-order valence-corrected chi connectivity index (χ0v) is 15.9. The third kappa shape index (κ3) is 4.06. The number of hydrogen-bond acceptors (Lipinski definition) is 4. The van der Waals surface area contributed by atoms with Crippen LogP contribution in [0.1, 0.15) is 21.6 Å². The Morgan fingerprint density at radius 3 is 2.66 bits per heavy atom. The Labute approximate surface area is 166 Å². The average molecular weight is 387 g/mol. The first kappa shape index (κ1) is 18.6. The molecule has 0 fully saturated rings. The molecule has 0 aliphatic heterocycles. The van der Waals surface area contributed by atoms with Crippen molar-refractivity contribution in [2.75, 3.05) is 5.32 Å². The fourth-order valence-electron chi connectivity index (χ4n) is 2.93.